The molecule has 0 aliphatic rings. The number of nitrogens with one attached hydrogen (secondary N) is 2. The summed E-state index contributed by atoms with van der Waals surface area (Å²) in [5.41, 5.74) is 1.11. The van der Waals surface area contributed by atoms with Gasteiger partial charge in [0.15, 0.2) is 0 Å². The molecule has 0 saturated carbocycles. The molecule has 0 aliphatic carbocycles. The minimum absolute atomic E-state index is 0.179. The van der Waals surface area contributed by atoms with E-state index in [4.69, 9.17) is 0 Å². The molecule has 0 heterocycles. The van der Waals surface area contributed by atoms with Gasteiger partial charge in [-0.2, -0.15) is 0 Å². The van der Waals surface area contributed by atoms with E-state index in [2.05, 4.69) is 23.9 Å². The average molecular weight is 312 g/mol. The number of carbonyl (C=O) groups is 1. The zero-order chi connectivity index (χ0) is 15.9. The summed E-state index contributed by atoms with van der Waals surface area (Å²) >= 11 is 0. The molecule has 0 aliphatic heterocycles. The third-order valence-corrected chi connectivity index (χ3v) is 4.78. The molecule has 1 rings (SSSR count). The first-order valence-corrected chi connectivity index (χ1v) is 8.75. The minimum atomic E-state index is -3.64. The molecule has 6 heteroatoms. The van der Waals surface area contributed by atoms with Crippen LogP contribution in [0, 0.1) is 0 Å². The third-order valence-electron chi connectivity index (χ3n) is 3.37. The Kier molecular flexibility index (Phi) is 6.84. The third kappa shape index (κ3) is 5.47. The van der Waals surface area contributed by atoms with Gasteiger partial charge in [0.25, 0.3) is 0 Å². The zero-order valence-electron chi connectivity index (χ0n) is 12.8. The fourth-order valence-corrected chi connectivity index (χ4v) is 2.76. The first kappa shape index (κ1) is 17.7. The van der Waals surface area contributed by atoms with Gasteiger partial charge in [0.05, 0.1) is 11.4 Å². The molecule has 5 nitrogen and oxygen atoms in total. The van der Waals surface area contributed by atoms with Crippen LogP contribution in [0.3, 0.4) is 0 Å². The van der Waals surface area contributed by atoms with Crippen LogP contribution in [0.1, 0.15) is 45.1 Å². The molecule has 1 aromatic rings. The van der Waals surface area contributed by atoms with E-state index < -0.39 is 10.0 Å². The average Bonchev–Trinajstić information content (AvgIpc) is 2.50. The lowest BCUT2D eigenvalue weighted by Gasteiger charge is -2.11. The van der Waals surface area contributed by atoms with Crippen LogP contribution in [0.15, 0.2) is 29.2 Å². The summed E-state index contributed by atoms with van der Waals surface area (Å²) in [7, 11) is -3.64. The number of sulfonamides is 1. The largest absolute Gasteiger partial charge is 0.355 e. The van der Waals surface area contributed by atoms with Crippen molar-refractivity contribution in [3.63, 3.8) is 0 Å². The van der Waals surface area contributed by atoms with Crippen LogP contribution < -0.4 is 10.0 Å². The summed E-state index contributed by atoms with van der Waals surface area (Å²) in [6, 6.07) is 6.79. The number of rotatable bonds is 8. The lowest BCUT2D eigenvalue weighted by Crippen LogP contribution is -2.37. The highest BCUT2D eigenvalue weighted by Crippen LogP contribution is 2.20. The quantitative estimate of drug-likeness (QED) is 0.771. The normalized spacial score (nSPS) is 12.9. The van der Waals surface area contributed by atoms with Crippen LogP contribution in [0.25, 0.3) is 0 Å². The molecular formula is C15H24N2O3S. The minimum Gasteiger partial charge on any atom is -0.355 e. The molecule has 2 N–H and O–H groups in total. The summed E-state index contributed by atoms with van der Waals surface area (Å²) in [4.78, 5) is 11.6. The Morgan fingerprint density at radius 3 is 2.33 bits per heavy atom. The van der Waals surface area contributed by atoms with Gasteiger partial charge in [-0.3, -0.25) is 4.79 Å². The molecule has 0 aromatic heterocycles. The number of hydrogen-bond donors (Lipinski definition) is 2. The predicted molar refractivity (Wildman–Crippen MR) is 83.6 cm³/mol. The highest BCUT2D eigenvalue weighted by atomic mass is 32.2. The number of carbonyl (C=O) groups excluding carboxylic acids is 1. The summed E-state index contributed by atoms with van der Waals surface area (Å²) in [5.74, 6) is 0.0752. The Morgan fingerprint density at radius 2 is 1.81 bits per heavy atom. The van der Waals surface area contributed by atoms with Crippen LogP contribution in [0.2, 0.25) is 0 Å². The Morgan fingerprint density at radius 1 is 1.19 bits per heavy atom. The Bertz CT molecular complexity index is 553. The first-order valence-electron chi connectivity index (χ1n) is 7.27. The van der Waals surface area contributed by atoms with E-state index in [0.717, 1.165) is 18.4 Å². The molecule has 0 fully saturated rings. The van der Waals surface area contributed by atoms with Crippen molar-refractivity contribution < 1.29 is 13.2 Å². The standard InChI is InChI=1S/C15H24N2O3S/c1-4-10-16-15(18)11-17-21(19,20)14-8-6-13(7-9-14)12(3)5-2/h6-9,12,17H,4-5,10-11H2,1-3H3,(H,16,18). The lowest BCUT2D eigenvalue weighted by molar-refractivity contribution is -0.119. The molecule has 1 atom stereocenters. The highest BCUT2D eigenvalue weighted by molar-refractivity contribution is 7.89. The summed E-state index contributed by atoms with van der Waals surface area (Å²) in [5, 5.41) is 2.62. The predicted octanol–water partition coefficient (Wildman–Crippen LogP) is 2.00. The summed E-state index contributed by atoms with van der Waals surface area (Å²) in [6.07, 6.45) is 1.82. The Labute approximate surface area is 127 Å². The van der Waals surface area contributed by atoms with Crippen LogP contribution in [0.4, 0.5) is 0 Å². The number of hydrogen-bond acceptors (Lipinski definition) is 3. The molecular weight excluding hydrogens is 288 g/mol. The van der Waals surface area contributed by atoms with Crippen molar-refractivity contribution in [1.29, 1.82) is 0 Å². The monoisotopic (exact) mass is 312 g/mol. The number of amides is 1. The maximum Gasteiger partial charge on any atom is 0.241 e. The molecule has 0 saturated heterocycles. The van der Waals surface area contributed by atoms with Gasteiger partial charge in [-0.1, -0.05) is 32.9 Å². The highest BCUT2D eigenvalue weighted by Gasteiger charge is 2.15. The van der Waals surface area contributed by atoms with Crippen LogP contribution in [0.5, 0.6) is 0 Å². The number of benzene rings is 1. The van der Waals surface area contributed by atoms with E-state index in [-0.39, 0.29) is 17.3 Å². The van der Waals surface area contributed by atoms with Crippen molar-refractivity contribution in [2.75, 3.05) is 13.1 Å². The molecule has 0 radical (unpaired) electrons. The van der Waals surface area contributed by atoms with Crippen LogP contribution >= 0.6 is 0 Å². The fourth-order valence-electron chi connectivity index (χ4n) is 1.78. The van der Waals surface area contributed by atoms with E-state index in [9.17, 15) is 13.2 Å². The SMILES string of the molecule is CCCNC(=O)CNS(=O)(=O)c1ccc(C(C)CC)cc1. The van der Waals surface area contributed by atoms with Crippen molar-refractivity contribution >= 4 is 15.9 Å². The fraction of sp³-hybridized carbons (Fsp3) is 0.533. The lowest BCUT2D eigenvalue weighted by atomic mass is 9.99. The van der Waals surface area contributed by atoms with Crippen molar-refractivity contribution in [2.45, 2.75) is 44.4 Å². The molecule has 0 spiro atoms. The van der Waals surface area contributed by atoms with Crippen molar-refractivity contribution in [3.05, 3.63) is 29.8 Å². The topological polar surface area (TPSA) is 75.3 Å². The van der Waals surface area contributed by atoms with Gasteiger partial charge in [0.1, 0.15) is 0 Å². The molecule has 1 amide bonds. The van der Waals surface area contributed by atoms with Crippen LogP contribution in [-0.2, 0) is 14.8 Å². The molecule has 1 aromatic carbocycles. The van der Waals surface area contributed by atoms with Gasteiger partial charge in [-0.05, 0) is 36.5 Å². The van der Waals surface area contributed by atoms with E-state index >= 15 is 0 Å². The van der Waals surface area contributed by atoms with Gasteiger partial charge < -0.3 is 5.32 Å². The zero-order valence-corrected chi connectivity index (χ0v) is 13.7. The Hall–Kier alpha value is -1.40. The van der Waals surface area contributed by atoms with Gasteiger partial charge >= 0.3 is 0 Å². The van der Waals surface area contributed by atoms with E-state index in [1.807, 2.05) is 19.1 Å². The Balaban J connectivity index is 2.68. The van der Waals surface area contributed by atoms with Crippen molar-refractivity contribution in [2.24, 2.45) is 0 Å². The first-order chi connectivity index (χ1) is 9.90. The maximum absolute atomic E-state index is 12.1. The molecule has 0 bridgehead atoms. The smallest absolute Gasteiger partial charge is 0.241 e. The molecule has 1 unspecified atom stereocenters. The van der Waals surface area contributed by atoms with E-state index in [1.54, 1.807) is 12.1 Å². The van der Waals surface area contributed by atoms with Crippen LogP contribution in [-0.4, -0.2) is 27.4 Å². The molecule has 118 valence electrons. The second kappa shape index (κ2) is 8.14. The van der Waals surface area contributed by atoms with Gasteiger partial charge in [-0.25, -0.2) is 13.1 Å². The second-order valence-corrected chi connectivity index (χ2v) is 6.82. The van der Waals surface area contributed by atoms with Gasteiger partial charge in [-0.15, -0.1) is 0 Å². The maximum atomic E-state index is 12.1. The van der Waals surface area contributed by atoms with Crippen molar-refractivity contribution in [1.82, 2.24) is 10.0 Å². The van der Waals surface area contributed by atoms with E-state index in [1.165, 1.54) is 0 Å². The van der Waals surface area contributed by atoms with E-state index in [0.29, 0.717) is 12.5 Å². The van der Waals surface area contributed by atoms with Crippen molar-refractivity contribution in [3.8, 4) is 0 Å². The summed E-state index contributed by atoms with van der Waals surface area (Å²) in [6.45, 7) is 6.43. The summed E-state index contributed by atoms with van der Waals surface area (Å²) < 4.78 is 26.4. The molecule has 21 heavy (non-hydrogen) atoms. The second-order valence-electron chi connectivity index (χ2n) is 5.05. The van der Waals surface area contributed by atoms with Gasteiger partial charge in [0, 0.05) is 6.54 Å². The van der Waals surface area contributed by atoms with Gasteiger partial charge in [0.2, 0.25) is 15.9 Å².